The Morgan fingerprint density at radius 2 is 2.03 bits per heavy atom. The summed E-state index contributed by atoms with van der Waals surface area (Å²) in [5.74, 6) is -4.16. The molecule has 0 radical (unpaired) electrons. The zero-order chi connectivity index (χ0) is 20.6. The fraction of sp³-hybridized carbons (Fsp3) is 0.0952. The molecule has 3 heterocycles. The van der Waals surface area contributed by atoms with Crippen molar-refractivity contribution in [1.82, 2.24) is 14.4 Å². The van der Waals surface area contributed by atoms with E-state index in [-0.39, 0.29) is 11.2 Å². The molecule has 0 amide bonds. The van der Waals surface area contributed by atoms with Crippen LogP contribution in [0.15, 0.2) is 66.2 Å². The lowest BCUT2D eigenvalue weighted by atomic mass is 10.0. The monoisotopic (exact) mass is 395 g/mol. The molecule has 3 aromatic heterocycles. The standard InChI is InChI=1S/C21H16F3N5/c1-26-10-15(9-25)14-8-17(22)20-28-11-19(29(20)12-14)21(23,24)16-4-5-18-13(7-16)3-2-6-27-18/h2-12H,25H2,1H3/b15-9+,26-10?. The van der Waals surface area contributed by atoms with Crippen molar-refractivity contribution >= 4 is 28.3 Å². The molecule has 146 valence electrons. The number of hydrogen-bond acceptors (Lipinski definition) is 4. The van der Waals surface area contributed by atoms with Gasteiger partial charge in [0.05, 0.1) is 11.7 Å². The van der Waals surface area contributed by atoms with Crippen LogP contribution in [0, 0.1) is 5.82 Å². The summed E-state index contributed by atoms with van der Waals surface area (Å²) in [5.41, 5.74) is 5.99. The number of rotatable bonds is 4. The summed E-state index contributed by atoms with van der Waals surface area (Å²) in [4.78, 5) is 11.9. The van der Waals surface area contributed by atoms with Crippen molar-refractivity contribution in [3.05, 3.63) is 83.8 Å². The molecule has 0 unspecified atom stereocenters. The van der Waals surface area contributed by atoms with E-state index in [1.807, 2.05) is 0 Å². The fourth-order valence-electron chi connectivity index (χ4n) is 3.21. The molecule has 29 heavy (non-hydrogen) atoms. The number of aromatic nitrogens is 3. The number of nitrogens with zero attached hydrogens (tertiary/aromatic N) is 4. The van der Waals surface area contributed by atoms with Gasteiger partial charge in [0, 0.05) is 53.9 Å². The van der Waals surface area contributed by atoms with E-state index >= 15 is 8.78 Å². The van der Waals surface area contributed by atoms with E-state index in [9.17, 15) is 4.39 Å². The van der Waals surface area contributed by atoms with Crippen molar-refractivity contribution < 1.29 is 13.2 Å². The van der Waals surface area contributed by atoms with Gasteiger partial charge in [-0.3, -0.25) is 14.4 Å². The number of allylic oxidation sites excluding steroid dienone is 1. The number of benzene rings is 1. The first-order valence-corrected chi connectivity index (χ1v) is 8.70. The number of fused-ring (bicyclic) bond motifs is 2. The van der Waals surface area contributed by atoms with Crippen LogP contribution in [-0.2, 0) is 5.92 Å². The Labute approximate surface area is 164 Å². The molecule has 0 aliphatic carbocycles. The maximum Gasteiger partial charge on any atom is 0.314 e. The van der Waals surface area contributed by atoms with Gasteiger partial charge in [-0.15, -0.1) is 0 Å². The van der Waals surface area contributed by atoms with Crippen LogP contribution in [0.3, 0.4) is 0 Å². The fourth-order valence-corrected chi connectivity index (χ4v) is 3.21. The summed E-state index contributed by atoms with van der Waals surface area (Å²) in [6, 6.07) is 8.78. The summed E-state index contributed by atoms with van der Waals surface area (Å²) in [5, 5.41) is 0.581. The molecule has 0 bridgehead atoms. The molecular weight excluding hydrogens is 379 g/mol. The number of hydrogen-bond donors (Lipinski definition) is 1. The van der Waals surface area contributed by atoms with Crippen LogP contribution in [0.5, 0.6) is 0 Å². The number of pyridine rings is 2. The highest BCUT2D eigenvalue weighted by Crippen LogP contribution is 2.37. The Hall–Kier alpha value is -3.68. The molecule has 0 spiro atoms. The Bertz CT molecular complexity index is 1270. The van der Waals surface area contributed by atoms with E-state index in [0.717, 1.165) is 10.6 Å². The van der Waals surface area contributed by atoms with Crippen molar-refractivity contribution in [2.75, 3.05) is 7.05 Å². The molecule has 0 aliphatic heterocycles. The number of alkyl halides is 2. The molecule has 0 atom stereocenters. The predicted octanol–water partition coefficient (Wildman–Crippen LogP) is 4.16. The minimum Gasteiger partial charge on any atom is -0.404 e. The highest BCUT2D eigenvalue weighted by molar-refractivity contribution is 6.09. The smallest absolute Gasteiger partial charge is 0.314 e. The molecular formula is C21H16F3N5. The van der Waals surface area contributed by atoms with Gasteiger partial charge >= 0.3 is 5.92 Å². The SMILES string of the molecule is CN=C/C(=C\N)c1cc(F)c2ncc(C(F)(F)c3ccc4ncccc4c3)n2c1. The largest absolute Gasteiger partial charge is 0.404 e. The van der Waals surface area contributed by atoms with Crippen molar-refractivity contribution in [2.24, 2.45) is 10.7 Å². The van der Waals surface area contributed by atoms with E-state index in [1.54, 1.807) is 18.3 Å². The van der Waals surface area contributed by atoms with Gasteiger partial charge in [0.15, 0.2) is 11.5 Å². The third-order valence-electron chi connectivity index (χ3n) is 4.63. The van der Waals surface area contributed by atoms with Gasteiger partial charge in [-0.1, -0.05) is 12.1 Å². The lowest BCUT2D eigenvalue weighted by Crippen LogP contribution is -2.18. The average Bonchev–Trinajstić information content (AvgIpc) is 3.17. The van der Waals surface area contributed by atoms with Gasteiger partial charge in [-0.05, 0) is 24.3 Å². The Morgan fingerprint density at radius 3 is 2.79 bits per heavy atom. The summed E-state index contributed by atoms with van der Waals surface area (Å²) in [7, 11) is 1.53. The molecule has 4 rings (SSSR count). The van der Waals surface area contributed by atoms with Crippen molar-refractivity contribution in [3.63, 3.8) is 0 Å². The molecule has 0 fully saturated rings. The Morgan fingerprint density at radius 1 is 1.21 bits per heavy atom. The topological polar surface area (TPSA) is 68.6 Å². The third kappa shape index (κ3) is 3.12. The molecule has 0 saturated carbocycles. The minimum absolute atomic E-state index is 0.198. The lowest BCUT2D eigenvalue weighted by Gasteiger charge is -2.17. The summed E-state index contributed by atoms with van der Waals surface area (Å²) in [6.45, 7) is 0. The second kappa shape index (κ2) is 7.05. The van der Waals surface area contributed by atoms with Crippen LogP contribution in [0.25, 0.3) is 22.1 Å². The van der Waals surface area contributed by atoms with Gasteiger partial charge < -0.3 is 5.73 Å². The van der Waals surface area contributed by atoms with Crippen LogP contribution in [0.1, 0.15) is 16.8 Å². The van der Waals surface area contributed by atoms with Crippen molar-refractivity contribution in [3.8, 4) is 0 Å². The molecule has 8 heteroatoms. The van der Waals surface area contributed by atoms with Gasteiger partial charge in [-0.2, -0.15) is 8.78 Å². The number of imidazole rings is 1. The first-order valence-electron chi connectivity index (χ1n) is 8.70. The lowest BCUT2D eigenvalue weighted by molar-refractivity contribution is 0.0372. The molecule has 5 nitrogen and oxygen atoms in total. The number of nitrogens with two attached hydrogens (primary N) is 1. The van der Waals surface area contributed by atoms with Crippen molar-refractivity contribution in [2.45, 2.75) is 5.92 Å². The zero-order valence-electron chi connectivity index (χ0n) is 15.4. The molecule has 0 aliphatic rings. The second-order valence-corrected chi connectivity index (χ2v) is 6.41. The van der Waals surface area contributed by atoms with E-state index < -0.39 is 17.4 Å². The number of halogens is 3. The zero-order valence-corrected chi connectivity index (χ0v) is 15.4. The van der Waals surface area contributed by atoms with Crippen LogP contribution >= 0.6 is 0 Å². The van der Waals surface area contributed by atoms with E-state index in [1.165, 1.54) is 49.9 Å². The maximum atomic E-state index is 15.4. The minimum atomic E-state index is -3.42. The van der Waals surface area contributed by atoms with Crippen molar-refractivity contribution in [1.29, 1.82) is 0 Å². The van der Waals surface area contributed by atoms with Gasteiger partial charge in [0.1, 0.15) is 5.69 Å². The Kier molecular flexibility index (Phi) is 4.54. The van der Waals surface area contributed by atoms with Crippen LogP contribution < -0.4 is 5.73 Å². The molecule has 4 aromatic rings. The second-order valence-electron chi connectivity index (χ2n) is 6.41. The van der Waals surface area contributed by atoms with Crippen LogP contribution in [0.2, 0.25) is 0 Å². The van der Waals surface area contributed by atoms with E-state index in [0.29, 0.717) is 22.0 Å². The first kappa shape index (κ1) is 18.7. The van der Waals surface area contributed by atoms with Gasteiger partial charge in [0.25, 0.3) is 0 Å². The molecule has 0 saturated heterocycles. The molecule has 2 N–H and O–H groups in total. The summed E-state index contributed by atoms with van der Waals surface area (Å²) in [6.07, 6.45) is 6.61. The van der Waals surface area contributed by atoms with Crippen LogP contribution in [0.4, 0.5) is 13.2 Å². The Balaban J connectivity index is 1.90. The normalized spacial score (nSPS) is 13.0. The van der Waals surface area contributed by atoms with Crippen LogP contribution in [-0.4, -0.2) is 27.6 Å². The number of aliphatic imine (C=N–C) groups is 1. The van der Waals surface area contributed by atoms with Gasteiger partial charge in [-0.25, -0.2) is 9.37 Å². The summed E-state index contributed by atoms with van der Waals surface area (Å²) < 4.78 is 46.4. The average molecular weight is 395 g/mol. The first-order chi connectivity index (χ1) is 14.0. The van der Waals surface area contributed by atoms with E-state index in [4.69, 9.17) is 5.73 Å². The highest BCUT2D eigenvalue weighted by Gasteiger charge is 2.38. The predicted molar refractivity (Wildman–Crippen MR) is 106 cm³/mol. The molecule has 1 aromatic carbocycles. The highest BCUT2D eigenvalue weighted by atomic mass is 19.3. The van der Waals surface area contributed by atoms with E-state index in [2.05, 4.69) is 15.0 Å². The summed E-state index contributed by atoms with van der Waals surface area (Å²) >= 11 is 0. The van der Waals surface area contributed by atoms with Gasteiger partial charge in [0.2, 0.25) is 0 Å². The third-order valence-corrected chi connectivity index (χ3v) is 4.63. The quantitative estimate of drug-likeness (QED) is 0.528. The maximum absolute atomic E-state index is 15.4.